The Morgan fingerprint density at radius 1 is 0.731 bits per heavy atom. The summed E-state index contributed by atoms with van der Waals surface area (Å²) < 4.78 is 10.9. The molecule has 0 aliphatic heterocycles. The molecule has 278 valence electrons. The molecule has 1 N–H and O–H groups in total. The molecule has 0 spiro atoms. The summed E-state index contributed by atoms with van der Waals surface area (Å²) in [5.74, 6) is 0.842. The quantitative estimate of drug-likeness (QED) is 0.0811. The van der Waals surface area contributed by atoms with Gasteiger partial charge < -0.3 is 14.6 Å². The fourth-order valence-corrected chi connectivity index (χ4v) is 8.22. The summed E-state index contributed by atoms with van der Waals surface area (Å²) in [6.45, 7) is 11.0. The van der Waals surface area contributed by atoms with Crippen LogP contribution in [0.5, 0.6) is 0 Å². The molecule has 5 nitrogen and oxygen atoms in total. The third kappa shape index (κ3) is 11.5. The van der Waals surface area contributed by atoms with E-state index in [-0.39, 0.29) is 24.7 Å². The van der Waals surface area contributed by atoms with Crippen LogP contribution in [0, 0.1) is 23.7 Å². The molecule has 0 radical (unpaired) electrons. The van der Waals surface area contributed by atoms with Crippen LogP contribution in [0.25, 0.3) is 11.1 Å². The topological polar surface area (TPSA) is 72.8 Å². The monoisotopic (exact) mass is 704 g/mol. The van der Waals surface area contributed by atoms with Gasteiger partial charge in [0.2, 0.25) is 0 Å². The zero-order chi connectivity index (χ0) is 36.9. The van der Waals surface area contributed by atoms with E-state index in [0.717, 1.165) is 43.9 Å². The number of hydrogen-bond donors (Lipinski definition) is 1. The second kappa shape index (κ2) is 19.8. The molecule has 2 aliphatic carbocycles. The predicted molar refractivity (Wildman–Crippen MR) is 211 cm³/mol. The molecule has 0 bridgehead atoms. The highest BCUT2D eigenvalue weighted by Crippen LogP contribution is 2.41. The Hall–Kier alpha value is -3.96. The molecule has 1 fully saturated rings. The minimum absolute atomic E-state index is 0.0273. The Kier molecular flexibility index (Phi) is 14.9. The highest BCUT2D eigenvalue weighted by Gasteiger charge is 2.31. The molecule has 0 heterocycles. The van der Waals surface area contributed by atoms with Crippen LogP contribution >= 0.6 is 0 Å². The van der Waals surface area contributed by atoms with Crippen LogP contribution in [-0.2, 0) is 51.2 Å². The minimum Gasteiger partial charge on any atom is -0.462 e. The van der Waals surface area contributed by atoms with Crippen molar-refractivity contribution in [3.8, 4) is 11.1 Å². The highest BCUT2D eigenvalue weighted by molar-refractivity contribution is 5.88. The summed E-state index contributed by atoms with van der Waals surface area (Å²) in [5, 5.41) is 9.21. The predicted octanol–water partition coefficient (Wildman–Crippen LogP) is 10.0. The van der Waals surface area contributed by atoms with E-state index in [9.17, 15) is 14.7 Å². The number of aryl methyl sites for hydroxylation is 4. The molecular formula is C47H60O5. The van der Waals surface area contributed by atoms with Crippen molar-refractivity contribution < 1.29 is 24.2 Å². The van der Waals surface area contributed by atoms with Crippen LogP contribution in [0.4, 0.5) is 0 Å². The van der Waals surface area contributed by atoms with E-state index in [1.54, 1.807) is 12.5 Å². The molecule has 0 saturated heterocycles. The van der Waals surface area contributed by atoms with E-state index >= 15 is 0 Å². The van der Waals surface area contributed by atoms with Crippen LogP contribution in [0.1, 0.15) is 99.5 Å². The van der Waals surface area contributed by atoms with Crippen molar-refractivity contribution in [1.82, 2.24) is 0 Å². The zero-order valence-corrected chi connectivity index (χ0v) is 31.7. The summed E-state index contributed by atoms with van der Waals surface area (Å²) in [4.78, 5) is 24.2. The van der Waals surface area contributed by atoms with Crippen molar-refractivity contribution in [3.05, 3.63) is 119 Å². The Morgan fingerprint density at radius 3 is 1.94 bits per heavy atom. The number of unbranched alkanes of at least 4 members (excludes halogenated alkanes) is 2. The maximum atomic E-state index is 12.1. The van der Waals surface area contributed by atoms with E-state index < -0.39 is 18.5 Å². The van der Waals surface area contributed by atoms with Crippen molar-refractivity contribution in [2.45, 2.75) is 104 Å². The lowest BCUT2D eigenvalue weighted by atomic mass is 9.68. The van der Waals surface area contributed by atoms with Gasteiger partial charge in [0.15, 0.2) is 0 Å². The molecule has 5 heteroatoms. The lowest BCUT2D eigenvalue weighted by molar-refractivity contribution is -0.144. The maximum absolute atomic E-state index is 12.1. The number of fused-ring (bicyclic) bond motifs is 1. The molecule has 5 rings (SSSR count). The van der Waals surface area contributed by atoms with Crippen LogP contribution < -0.4 is 0 Å². The number of aliphatic hydroxyl groups excluding tert-OH is 1. The second-order valence-corrected chi connectivity index (χ2v) is 15.6. The first-order chi connectivity index (χ1) is 25.2. The van der Waals surface area contributed by atoms with Crippen LogP contribution in [-0.4, -0.2) is 36.9 Å². The Morgan fingerprint density at radius 2 is 1.33 bits per heavy atom. The number of esters is 2. The number of hydrogen-bond acceptors (Lipinski definition) is 5. The van der Waals surface area contributed by atoms with Gasteiger partial charge in [-0.25, -0.2) is 9.59 Å². The Labute approximate surface area is 312 Å². The standard InChI is InChI=1S/C47H60O5/c1-5-6-7-8-35-11-18-40(19-12-35)41-20-13-36(14-21-41)9-10-38-17-24-45-29-44(26-25-43(45)28-38)42-22-15-37(16-23-42)27-39(31-51-46(49)33(2)3)32-52-47(50)34(4)30-48/h11-14,17-21,24,28,37,39,42,44,48H,2,4-10,15-16,22-23,25-27,29-32H2,1,3H3. The first kappa shape index (κ1) is 39.3. The van der Waals surface area contributed by atoms with Gasteiger partial charge in [-0.3, -0.25) is 0 Å². The van der Waals surface area contributed by atoms with Gasteiger partial charge in [-0.15, -0.1) is 0 Å². The van der Waals surface area contributed by atoms with Crippen molar-refractivity contribution in [2.75, 3.05) is 19.8 Å². The Bertz CT molecular complexity index is 1630. The fourth-order valence-electron chi connectivity index (χ4n) is 8.22. The molecule has 2 unspecified atom stereocenters. The fraction of sp³-hybridized carbons (Fsp3) is 0.489. The number of ether oxygens (including phenoxy) is 2. The SMILES string of the molecule is C=C(C)C(=O)OCC(COC(=O)C(=C)CO)CC1CCC(C2CCc3cc(CCc4ccc(-c5ccc(CCCCC)cc5)cc4)ccc3C2)CC1. The van der Waals surface area contributed by atoms with Crippen molar-refractivity contribution in [2.24, 2.45) is 23.7 Å². The summed E-state index contributed by atoms with van der Waals surface area (Å²) in [6.07, 6.45) is 16.3. The molecule has 52 heavy (non-hydrogen) atoms. The molecule has 3 aromatic carbocycles. The first-order valence-corrected chi connectivity index (χ1v) is 19.8. The maximum Gasteiger partial charge on any atom is 0.335 e. The number of aliphatic hydroxyl groups is 1. The molecular weight excluding hydrogens is 645 g/mol. The van der Waals surface area contributed by atoms with Gasteiger partial charge in [-0.05, 0) is 128 Å². The van der Waals surface area contributed by atoms with Gasteiger partial charge in [0.1, 0.15) is 0 Å². The molecule has 1 saturated carbocycles. The van der Waals surface area contributed by atoms with Crippen molar-refractivity contribution >= 4 is 11.9 Å². The smallest absolute Gasteiger partial charge is 0.335 e. The summed E-state index contributed by atoms with van der Waals surface area (Å²) >= 11 is 0. The lowest BCUT2D eigenvalue weighted by Gasteiger charge is -2.37. The molecule has 2 aliphatic rings. The number of carbonyl (C=O) groups excluding carboxylic acids is 2. The van der Waals surface area contributed by atoms with Gasteiger partial charge in [-0.1, -0.05) is 112 Å². The zero-order valence-electron chi connectivity index (χ0n) is 31.7. The third-order valence-electron chi connectivity index (χ3n) is 11.5. The normalized spacial score (nSPS) is 18.9. The largest absolute Gasteiger partial charge is 0.462 e. The molecule has 2 atom stereocenters. The molecule has 0 amide bonds. The van der Waals surface area contributed by atoms with Crippen molar-refractivity contribution in [3.63, 3.8) is 0 Å². The summed E-state index contributed by atoms with van der Waals surface area (Å²) in [5.41, 5.74) is 10.3. The average molecular weight is 705 g/mol. The van der Waals surface area contributed by atoms with Crippen LogP contribution in [0.15, 0.2) is 91.0 Å². The summed E-state index contributed by atoms with van der Waals surface area (Å²) in [6, 6.07) is 25.5. The van der Waals surface area contributed by atoms with E-state index in [1.165, 1.54) is 91.2 Å². The van der Waals surface area contributed by atoms with E-state index in [2.05, 4.69) is 86.8 Å². The van der Waals surface area contributed by atoms with Gasteiger partial charge >= 0.3 is 11.9 Å². The van der Waals surface area contributed by atoms with Crippen molar-refractivity contribution in [1.29, 1.82) is 0 Å². The summed E-state index contributed by atoms with van der Waals surface area (Å²) in [7, 11) is 0. The van der Waals surface area contributed by atoms with E-state index in [0.29, 0.717) is 11.5 Å². The minimum atomic E-state index is -0.605. The lowest BCUT2D eigenvalue weighted by Crippen LogP contribution is -2.29. The van der Waals surface area contributed by atoms with Gasteiger partial charge in [0.25, 0.3) is 0 Å². The Balaban J connectivity index is 1.07. The average Bonchev–Trinajstić information content (AvgIpc) is 3.18. The van der Waals surface area contributed by atoms with Crippen LogP contribution in [0.2, 0.25) is 0 Å². The van der Waals surface area contributed by atoms with E-state index in [4.69, 9.17) is 9.47 Å². The number of carbonyl (C=O) groups is 2. The van der Waals surface area contributed by atoms with Gasteiger partial charge in [-0.2, -0.15) is 0 Å². The molecule has 3 aromatic rings. The van der Waals surface area contributed by atoms with Gasteiger partial charge in [0.05, 0.1) is 25.4 Å². The van der Waals surface area contributed by atoms with Crippen LogP contribution in [0.3, 0.4) is 0 Å². The molecule has 0 aromatic heterocycles. The highest BCUT2D eigenvalue weighted by atomic mass is 16.5. The first-order valence-electron chi connectivity index (χ1n) is 19.8. The number of rotatable bonds is 18. The third-order valence-corrected chi connectivity index (χ3v) is 11.5. The number of benzene rings is 3. The van der Waals surface area contributed by atoms with Gasteiger partial charge in [0, 0.05) is 11.5 Å². The van der Waals surface area contributed by atoms with E-state index in [1.807, 2.05) is 0 Å². The second-order valence-electron chi connectivity index (χ2n) is 15.6.